The van der Waals surface area contributed by atoms with Crippen LogP contribution in [0.5, 0.6) is 0 Å². The topological polar surface area (TPSA) is 107 Å². The van der Waals surface area contributed by atoms with Gasteiger partial charge in [0.1, 0.15) is 0 Å². The number of ether oxygens (including phenoxy) is 1. The summed E-state index contributed by atoms with van der Waals surface area (Å²) in [6.07, 6.45) is 0.235. The molecule has 1 amide bonds. The molecule has 0 aliphatic rings. The van der Waals surface area contributed by atoms with Crippen LogP contribution in [-0.4, -0.2) is 33.6 Å². The zero-order valence-electron chi connectivity index (χ0n) is 14.3. The summed E-state index contributed by atoms with van der Waals surface area (Å²) in [5, 5.41) is 9.31. The summed E-state index contributed by atoms with van der Waals surface area (Å²) in [6.45, 7) is 1.44. The number of thiazole rings is 1. The summed E-state index contributed by atoms with van der Waals surface area (Å²) in [5.41, 5.74) is 1.57. The van der Waals surface area contributed by atoms with Crippen LogP contribution in [0.2, 0.25) is 5.02 Å². The van der Waals surface area contributed by atoms with E-state index in [-0.39, 0.29) is 19.4 Å². The number of carbonyl (C=O) groups is 2. The summed E-state index contributed by atoms with van der Waals surface area (Å²) < 4.78 is 10.0. The van der Waals surface area contributed by atoms with Gasteiger partial charge in [0.25, 0.3) is 5.91 Å². The van der Waals surface area contributed by atoms with Gasteiger partial charge >= 0.3 is 5.97 Å². The number of benzene rings is 1. The molecule has 2 heterocycles. The Balaban J connectivity index is 1.42. The third-order valence-electron chi connectivity index (χ3n) is 3.34. The molecule has 1 aromatic carbocycles. The number of rotatable bonds is 7. The second-order valence-corrected chi connectivity index (χ2v) is 6.82. The Morgan fingerprint density at radius 2 is 2.04 bits per heavy atom. The molecular formula is C17H15ClN4O4S. The number of carbonyl (C=O) groups excluding carboxylic acids is 2. The first-order chi connectivity index (χ1) is 13.0. The molecule has 8 nitrogen and oxygen atoms in total. The van der Waals surface area contributed by atoms with E-state index in [0.29, 0.717) is 21.9 Å². The number of aryl methyl sites for hydroxylation is 2. The van der Waals surface area contributed by atoms with Crippen molar-refractivity contribution in [3.8, 4) is 11.4 Å². The zero-order chi connectivity index (χ0) is 19.2. The standard InChI is InChI=1S/C17H15ClN4O4S/c1-10-9-27-17(19-10)20-13(23)8-25-15(24)7-6-14-21-16(22-26-14)11-2-4-12(18)5-3-11/h2-5,9H,6-8H2,1H3,(H,19,20,23). The molecule has 1 N–H and O–H groups in total. The second kappa shape index (κ2) is 8.74. The Morgan fingerprint density at radius 3 is 2.74 bits per heavy atom. The molecule has 27 heavy (non-hydrogen) atoms. The van der Waals surface area contributed by atoms with Crippen LogP contribution in [-0.2, 0) is 20.7 Å². The van der Waals surface area contributed by atoms with Crippen LogP contribution in [0.15, 0.2) is 34.2 Å². The largest absolute Gasteiger partial charge is 0.456 e. The molecule has 3 rings (SSSR count). The van der Waals surface area contributed by atoms with Crippen LogP contribution in [0, 0.1) is 6.92 Å². The third-order valence-corrected chi connectivity index (χ3v) is 4.47. The quantitative estimate of drug-likeness (QED) is 0.600. The van der Waals surface area contributed by atoms with E-state index < -0.39 is 11.9 Å². The molecule has 0 bridgehead atoms. The summed E-state index contributed by atoms with van der Waals surface area (Å²) in [5.74, 6) is -0.264. The van der Waals surface area contributed by atoms with Crippen LogP contribution in [0.25, 0.3) is 11.4 Å². The molecule has 0 fully saturated rings. The van der Waals surface area contributed by atoms with Crippen LogP contribution < -0.4 is 5.32 Å². The van der Waals surface area contributed by atoms with E-state index in [0.717, 1.165) is 11.3 Å². The Morgan fingerprint density at radius 1 is 1.26 bits per heavy atom. The van der Waals surface area contributed by atoms with Crippen molar-refractivity contribution in [3.05, 3.63) is 46.3 Å². The van der Waals surface area contributed by atoms with Crippen molar-refractivity contribution in [2.24, 2.45) is 0 Å². The molecule has 0 spiro atoms. The molecule has 0 aliphatic carbocycles. The number of amides is 1. The lowest BCUT2D eigenvalue weighted by Crippen LogP contribution is -2.21. The molecule has 140 valence electrons. The van der Waals surface area contributed by atoms with Crippen molar-refractivity contribution in [2.45, 2.75) is 19.8 Å². The molecule has 0 saturated heterocycles. The van der Waals surface area contributed by atoms with Crippen molar-refractivity contribution < 1.29 is 18.8 Å². The Bertz CT molecular complexity index is 939. The highest BCUT2D eigenvalue weighted by Crippen LogP contribution is 2.19. The SMILES string of the molecule is Cc1csc(NC(=O)COC(=O)CCc2nc(-c3ccc(Cl)cc3)no2)n1. The highest BCUT2D eigenvalue weighted by Gasteiger charge is 2.13. The van der Waals surface area contributed by atoms with Gasteiger partial charge in [-0.05, 0) is 31.2 Å². The van der Waals surface area contributed by atoms with Crippen molar-refractivity contribution in [3.63, 3.8) is 0 Å². The third kappa shape index (κ3) is 5.60. The van der Waals surface area contributed by atoms with E-state index in [1.54, 1.807) is 24.3 Å². The van der Waals surface area contributed by atoms with Gasteiger partial charge in [-0.3, -0.25) is 14.9 Å². The van der Waals surface area contributed by atoms with Gasteiger partial charge in [-0.25, -0.2) is 4.98 Å². The summed E-state index contributed by atoms with van der Waals surface area (Å²) >= 11 is 7.14. The lowest BCUT2D eigenvalue weighted by Gasteiger charge is -2.03. The minimum Gasteiger partial charge on any atom is -0.456 e. The van der Waals surface area contributed by atoms with Crippen molar-refractivity contribution in [1.29, 1.82) is 0 Å². The van der Waals surface area contributed by atoms with E-state index in [1.807, 2.05) is 12.3 Å². The van der Waals surface area contributed by atoms with Crippen LogP contribution >= 0.6 is 22.9 Å². The minimum absolute atomic E-state index is 0.0197. The number of aromatic nitrogens is 3. The van der Waals surface area contributed by atoms with Crippen LogP contribution in [0.1, 0.15) is 18.0 Å². The second-order valence-electron chi connectivity index (χ2n) is 5.52. The fourth-order valence-corrected chi connectivity index (χ4v) is 2.90. The van der Waals surface area contributed by atoms with Gasteiger partial charge < -0.3 is 9.26 Å². The number of nitrogens with zero attached hydrogens (tertiary/aromatic N) is 3. The van der Waals surface area contributed by atoms with E-state index in [2.05, 4.69) is 20.4 Å². The number of halogens is 1. The summed E-state index contributed by atoms with van der Waals surface area (Å²) in [4.78, 5) is 31.8. The van der Waals surface area contributed by atoms with E-state index in [9.17, 15) is 9.59 Å². The molecule has 0 radical (unpaired) electrons. The smallest absolute Gasteiger partial charge is 0.306 e. The molecule has 0 unspecified atom stereocenters. The van der Waals surface area contributed by atoms with Gasteiger partial charge in [0, 0.05) is 22.4 Å². The maximum absolute atomic E-state index is 11.8. The van der Waals surface area contributed by atoms with E-state index in [4.69, 9.17) is 20.9 Å². The fraction of sp³-hybridized carbons (Fsp3) is 0.235. The molecular weight excluding hydrogens is 392 g/mol. The van der Waals surface area contributed by atoms with Gasteiger partial charge in [-0.1, -0.05) is 16.8 Å². The summed E-state index contributed by atoms with van der Waals surface area (Å²) in [6, 6.07) is 6.99. The molecule has 3 aromatic rings. The normalized spacial score (nSPS) is 10.6. The number of hydrogen-bond donors (Lipinski definition) is 1. The van der Waals surface area contributed by atoms with E-state index in [1.165, 1.54) is 11.3 Å². The monoisotopic (exact) mass is 406 g/mol. The van der Waals surface area contributed by atoms with E-state index >= 15 is 0 Å². The Kier molecular flexibility index (Phi) is 6.15. The minimum atomic E-state index is -0.535. The average molecular weight is 407 g/mol. The zero-order valence-corrected chi connectivity index (χ0v) is 15.8. The molecule has 10 heteroatoms. The first-order valence-electron chi connectivity index (χ1n) is 7.96. The number of esters is 1. The predicted octanol–water partition coefficient (Wildman–Crippen LogP) is 3.27. The van der Waals surface area contributed by atoms with Gasteiger partial charge in [0.05, 0.1) is 12.1 Å². The summed E-state index contributed by atoms with van der Waals surface area (Å²) in [7, 11) is 0. The number of hydrogen-bond acceptors (Lipinski definition) is 8. The predicted molar refractivity (Wildman–Crippen MR) is 99.5 cm³/mol. The Hall–Kier alpha value is -2.78. The Labute approximate surface area is 163 Å². The van der Waals surface area contributed by atoms with Crippen molar-refractivity contribution in [2.75, 3.05) is 11.9 Å². The van der Waals surface area contributed by atoms with Gasteiger partial charge in [-0.2, -0.15) is 4.98 Å². The van der Waals surface area contributed by atoms with Crippen molar-refractivity contribution >= 4 is 39.9 Å². The van der Waals surface area contributed by atoms with Crippen LogP contribution in [0.3, 0.4) is 0 Å². The first-order valence-corrected chi connectivity index (χ1v) is 9.21. The van der Waals surface area contributed by atoms with Gasteiger partial charge in [0.2, 0.25) is 11.7 Å². The van der Waals surface area contributed by atoms with Crippen LogP contribution in [0.4, 0.5) is 5.13 Å². The molecule has 0 saturated carbocycles. The van der Waals surface area contributed by atoms with Crippen molar-refractivity contribution in [1.82, 2.24) is 15.1 Å². The molecule has 2 aromatic heterocycles. The molecule has 0 aliphatic heterocycles. The highest BCUT2D eigenvalue weighted by atomic mass is 35.5. The first kappa shape index (κ1) is 19.0. The number of anilines is 1. The maximum Gasteiger partial charge on any atom is 0.306 e. The van der Waals surface area contributed by atoms with Gasteiger partial charge in [-0.15, -0.1) is 11.3 Å². The maximum atomic E-state index is 11.8. The lowest BCUT2D eigenvalue weighted by atomic mass is 10.2. The lowest BCUT2D eigenvalue weighted by molar-refractivity contribution is -0.147. The fourth-order valence-electron chi connectivity index (χ4n) is 2.07. The van der Waals surface area contributed by atoms with Gasteiger partial charge in [0.15, 0.2) is 11.7 Å². The molecule has 0 atom stereocenters. The number of nitrogens with one attached hydrogen (secondary N) is 1. The average Bonchev–Trinajstić information content (AvgIpc) is 3.28. The highest BCUT2D eigenvalue weighted by molar-refractivity contribution is 7.13.